The number of carbonyl (C=O) groups is 1. The molecule has 0 unspecified atom stereocenters. The van der Waals surface area contributed by atoms with Gasteiger partial charge in [0.25, 0.3) is 0 Å². The van der Waals surface area contributed by atoms with Crippen molar-refractivity contribution in [3.8, 4) is 22.8 Å². The number of hydrogen-bond acceptors (Lipinski definition) is 5. The van der Waals surface area contributed by atoms with Gasteiger partial charge in [-0.1, -0.05) is 24.6 Å². The number of ether oxygens (including phenoxy) is 1. The predicted octanol–water partition coefficient (Wildman–Crippen LogP) is 5.23. The lowest BCUT2D eigenvalue weighted by Gasteiger charge is -2.23. The number of amides is 1. The van der Waals surface area contributed by atoms with E-state index in [2.05, 4.69) is 10.3 Å². The summed E-state index contributed by atoms with van der Waals surface area (Å²) in [5.41, 5.74) is 6.48. The second kappa shape index (κ2) is 9.73. The van der Waals surface area contributed by atoms with Crippen LogP contribution in [0.3, 0.4) is 0 Å². The van der Waals surface area contributed by atoms with Crippen LogP contribution >= 0.6 is 11.6 Å². The highest BCUT2D eigenvalue weighted by Gasteiger charge is 2.22. The summed E-state index contributed by atoms with van der Waals surface area (Å²) in [5.74, 6) is 0.0325. The Kier molecular flexibility index (Phi) is 7.07. The Balaban J connectivity index is 1.82. The van der Waals surface area contributed by atoms with Gasteiger partial charge in [0, 0.05) is 29.6 Å². The maximum atomic E-state index is 15.3. The quantitative estimate of drug-likeness (QED) is 0.484. The molecule has 8 heteroatoms. The summed E-state index contributed by atoms with van der Waals surface area (Å²) in [5, 5.41) is 3.40. The number of aromatic nitrogens is 1. The number of halogens is 2. The molecule has 0 bridgehead atoms. The summed E-state index contributed by atoms with van der Waals surface area (Å²) in [6, 6.07) is 9.66. The molecule has 1 heterocycles. The molecule has 1 aromatic heterocycles. The molecule has 0 saturated heterocycles. The minimum absolute atomic E-state index is 0.0515. The van der Waals surface area contributed by atoms with Crippen LogP contribution in [-0.4, -0.2) is 16.9 Å². The van der Waals surface area contributed by atoms with Gasteiger partial charge in [-0.25, -0.2) is 9.37 Å². The van der Waals surface area contributed by atoms with Crippen LogP contribution in [0.15, 0.2) is 53.4 Å². The molecule has 158 valence electrons. The van der Waals surface area contributed by atoms with Crippen molar-refractivity contribution in [2.45, 2.75) is 38.8 Å². The highest BCUT2D eigenvalue weighted by Crippen LogP contribution is 2.37. The molecule has 0 aliphatic heterocycles. The standard InChI is InChI=1S/C22H23ClFN3O3/c1-3-18(27-13(2)10-20(25)28)16-8-9-17(23)22(21(16)24)30-15-6-4-14(5-7-15)19-11-26-12-29-19/h4-9,11-13,18,27H,3,10H2,1-2H3,(H2,25,28)/t13-,18+/m0/s1. The van der Waals surface area contributed by atoms with Gasteiger partial charge in [0.05, 0.1) is 11.2 Å². The number of benzene rings is 2. The van der Waals surface area contributed by atoms with Gasteiger partial charge in [-0.3, -0.25) is 4.79 Å². The first-order chi connectivity index (χ1) is 14.4. The highest BCUT2D eigenvalue weighted by atomic mass is 35.5. The number of rotatable bonds is 9. The number of oxazole rings is 1. The van der Waals surface area contributed by atoms with E-state index in [9.17, 15) is 4.79 Å². The fourth-order valence-corrected chi connectivity index (χ4v) is 3.39. The lowest BCUT2D eigenvalue weighted by Crippen LogP contribution is -2.34. The zero-order chi connectivity index (χ0) is 21.7. The molecule has 1 amide bonds. The van der Waals surface area contributed by atoms with E-state index in [1.807, 2.05) is 13.8 Å². The van der Waals surface area contributed by atoms with Gasteiger partial charge in [0.15, 0.2) is 23.7 Å². The Labute approximate surface area is 179 Å². The first kappa shape index (κ1) is 21.8. The Bertz CT molecular complexity index is 994. The van der Waals surface area contributed by atoms with Crippen molar-refractivity contribution in [1.82, 2.24) is 10.3 Å². The van der Waals surface area contributed by atoms with Crippen LogP contribution in [-0.2, 0) is 4.79 Å². The summed E-state index contributed by atoms with van der Waals surface area (Å²) in [4.78, 5) is 15.0. The number of carbonyl (C=O) groups excluding carboxylic acids is 1. The number of nitrogens with one attached hydrogen (secondary N) is 1. The van der Waals surface area contributed by atoms with Crippen molar-refractivity contribution in [1.29, 1.82) is 0 Å². The van der Waals surface area contributed by atoms with Crippen LogP contribution in [0.4, 0.5) is 4.39 Å². The molecule has 3 N–H and O–H groups in total. The molecule has 0 radical (unpaired) electrons. The Morgan fingerprint density at radius 1 is 1.30 bits per heavy atom. The average molecular weight is 432 g/mol. The monoisotopic (exact) mass is 431 g/mol. The van der Waals surface area contributed by atoms with Crippen molar-refractivity contribution in [3.63, 3.8) is 0 Å². The third kappa shape index (κ3) is 5.17. The van der Waals surface area contributed by atoms with Crippen LogP contribution in [0.1, 0.15) is 38.3 Å². The fourth-order valence-electron chi connectivity index (χ4n) is 3.21. The maximum Gasteiger partial charge on any atom is 0.218 e. The Hall–Kier alpha value is -2.90. The van der Waals surface area contributed by atoms with Crippen molar-refractivity contribution < 1.29 is 18.3 Å². The fraction of sp³-hybridized carbons (Fsp3) is 0.273. The Morgan fingerprint density at radius 3 is 2.63 bits per heavy atom. The van der Waals surface area contributed by atoms with Crippen molar-refractivity contribution in [3.05, 3.63) is 65.4 Å². The Morgan fingerprint density at radius 2 is 2.03 bits per heavy atom. The SMILES string of the molecule is CC[C@@H](N[C@@H](C)CC(N)=O)c1ccc(Cl)c(Oc2ccc(-c3cnco3)cc2)c1F. The largest absolute Gasteiger partial charge is 0.453 e. The van der Waals surface area contributed by atoms with E-state index in [0.29, 0.717) is 23.5 Å². The van der Waals surface area contributed by atoms with Gasteiger partial charge in [-0.05, 0) is 43.7 Å². The minimum atomic E-state index is -0.549. The van der Waals surface area contributed by atoms with Gasteiger partial charge in [-0.2, -0.15) is 0 Å². The molecular weight excluding hydrogens is 409 g/mol. The second-order valence-corrected chi connectivity index (χ2v) is 7.38. The summed E-state index contributed by atoms with van der Waals surface area (Å²) in [6.07, 6.45) is 3.72. The molecule has 0 fully saturated rings. The molecule has 30 heavy (non-hydrogen) atoms. The van der Waals surface area contributed by atoms with Crippen molar-refractivity contribution in [2.75, 3.05) is 0 Å². The van der Waals surface area contributed by atoms with Crippen LogP contribution in [0, 0.1) is 5.82 Å². The van der Waals surface area contributed by atoms with E-state index < -0.39 is 11.7 Å². The van der Waals surface area contributed by atoms with E-state index in [1.165, 1.54) is 6.39 Å². The summed E-state index contributed by atoms with van der Waals surface area (Å²) >= 11 is 6.22. The first-order valence-corrected chi connectivity index (χ1v) is 9.95. The van der Waals surface area contributed by atoms with Gasteiger partial charge in [0.2, 0.25) is 5.91 Å². The number of hydrogen-bond donors (Lipinski definition) is 2. The van der Waals surface area contributed by atoms with Crippen LogP contribution in [0.25, 0.3) is 11.3 Å². The number of nitrogens with two attached hydrogens (primary N) is 1. The van der Waals surface area contributed by atoms with Crippen LogP contribution in [0.5, 0.6) is 11.5 Å². The van der Waals surface area contributed by atoms with E-state index in [1.54, 1.807) is 42.6 Å². The van der Waals surface area contributed by atoms with Gasteiger partial charge < -0.3 is 20.2 Å². The molecule has 0 aliphatic carbocycles. The molecule has 3 aromatic rings. The zero-order valence-corrected chi connectivity index (χ0v) is 17.4. The molecule has 0 saturated carbocycles. The maximum absolute atomic E-state index is 15.3. The average Bonchev–Trinajstić information content (AvgIpc) is 3.24. The van der Waals surface area contributed by atoms with Gasteiger partial charge >= 0.3 is 0 Å². The summed E-state index contributed by atoms with van der Waals surface area (Å²) in [7, 11) is 0. The van der Waals surface area contributed by atoms with Crippen LogP contribution < -0.4 is 15.8 Å². The summed E-state index contributed by atoms with van der Waals surface area (Å²) < 4.78 is 26.3. The van der Waals surface area contributed by atoms with Gasteiger partial charge in [-0.15, -0.1) is 0 Å². The molecule has 6 nitrogen and oxygen atoms in total. The van der Waals surface area contributed by atoms with E-state index >= 15 is 4.39 Å². The second-order valence-electron chi connectivity index (χ2n) is 6.97. The van der Waals surface area contributed by atoms with Crippen LogP contribution in [0.2, 0.25) is 5.02 Å². The van der Waals surface area contributed by atoms with Gasteiger partial charge in [0.1, 0.15) is 5.75 Å². The first-order valence-electron chi connectivity index (χ1n) is 9.58. The molecule has 2 atom stereocenters. The minimum Gasteiger partial charge on any atom is -0.453 e. The highest BCUT2D eigenvalue weighted by molar-refractivity contribution is 6.32. The molecular formula is C22H23ClFN3O3. The molecule has 0 aliphatic rings. The summed E-state index contributed by atoms with van der Waals surface area (Å²) in [6.45, 7) is 3.75. The molecule has 0 spiro atoms. The molecule has 2 aromatic carbocycles. The third-order valence-corrected chi connectivity index (χ3v) is 4.94. The zero-order valence-electron chi connectivity index (χ0n) is 16.7. The van der Waals surface area contributed by atoms with E-state index in [-0.39, 0.29) is 29.3 Å². The smallest absolute Gasteiger partial charge is 0.218 e. The number of nitrogens with zero attached hydrogens (tertiary/aromatic N) is 1. The predicted molar refractivity (Wildman–Crippen MR) is 113 cm³/mol. The molecule has 3 rings (SSSR count). The topological polar surface area (TPSA) is 90.4 Å². The lowest BCUT2D eigenvalue weighted by molar-refractivity contribution is -0.118. The number of primary amides is 1. The van der Waals surface area contributed by atoms with E-state index in [0.717, 1.165) is 5.56 Å². The third-order valence-electron chi connectivity index (χ3n) is 4.65. The van der Waals surface area contributed by atoms with Crippen molar-refractivity contribution in [2.24, 2.45) is 5.73 Å². The van der Waals surface area contributed by atoms with E-state index in [4.69, 9.17) is 26.5 Å². The lowest BCUT2D eigenvalue weighted by atomic mass is 10.0. The normalized spacial score (nSPS) is 13.1. The van der Waals surface area contributed by atoms with Crippen molar-refractivity contribution >= 4 is 17.5 Å².